The molecule has 0 spiro atoms. The standard InChI is InChI=1S/C35H49I3O7/c1-16(2)17(3)30(40)31(41)18(4)22-7-8-23-21-15-44-33(43)25-13-28(45-32(42)20-11-19(36)12-26(37)29(20)38)27(39)14-35(25,6)24(21)9-10-34(22,23)5/h11-12,16-18,21-25,27-28,30-31,39-41H,7-10,13-15H2,1-6H3/t17-,18-,21-,22+,23-,24-,25+,27+,28-,30+,31-,34+,35+/m0/s1. The van der Waals surface area contributed by atoms with Crippen molar-refractivity contribution < 1.29 is 34.4 Å². The summed E-state index contributed by atoms with van der Waals surface area (Å²) in [5.41, 5.74) is -0.0261. The summed E-state index contributed by atoms with van der Waals surface area (Å²) in [7, 11) is 0. The second kappa shape index (κ2) is 13.9. The number of hydrogen-bond acceptors (Lipinski definition) is 7. The molecule has 1 saturated heterocycles. The summed E-state index contributed by atoms with van der Waals surface area (Å²) in [4.78, 5) is 27.0. The third-order valence-corrected chi connectivity index (χ3v) is 16.7. The van der Waals surface area contributed by atoms with Gasteiger partial charge in [-0.3, -0.25) is 4.79 Å². The van der Waals surface area contributed by atoms with Gasteiger partial charge in [-0.1, -0.05) is 41.5 Å². The highest BCUT2D eigenvalue weighted by Gasteiger charge is 2.63. The maximum absolute atomic E-state index is 13.7. The third kappa shape index (κ3) is 6.61. The van der Waals surface area contributed by atoms with E-state index >= 15 is 0 Å². The highest BCUT2D eigenvalue weighted by atomic mass is 127. The van der Waals surface area contributed by atoms with E-state index in [1.165, 1.54) is 0 Å². The first-order valence-electron chi connectivity index (χ1n) is 16.6. The fraction of sp³-hybridized carbons (Fsp3) is 0.771. The Bertz CT molecular complexity index is 1290. The van der Waals surface area contributed by atoms with Gasteiger partial charge in [-0.2, -0.15) is 0 Å². The summed E-state index contributed by atoms with van der Waals surface area (Å²) < 4.78 is 14.7. The van der Waals surface area contributed by atoms with Crippen molar-refractivity contribution in [2.24, 2.45) is 58.2 Å². The molecule has 13 atom stereocenters. The van der Waals surface area contributed by atoms with Gasteiger partial charge >= 0.3 is 11.9 Å². The largest absolute Gasteiger partial charge is 0.465 e. The molecule has 0 amide bonds. The van der Waals surface area contributed by atoms with Crippen LogP contribution in [0.2, 0.25) is 0 Å². The maximum atomic E-state index is 13.7. The van der Waals surface area contributed by atoms with Crippen LogP contribution in [0.25, 0.3) is 0 Å². The number of fused-ring (bicyclic) bond motifs is 5. The van der Waals surface area contributed by atoms with Crippen LogP contribution in [0.1, 0.15) is 90.4 Å². The topological polar surface area (TPSA) is 113 Å². The molecule has 0 bridgehead atoms. The van der Waals surface area contributed by atoms with Gasteiger partial charge in [0.1, 0.15) is 6.10 Å². The highest BCUT2D eigenvalue weighted by Crippen LogP contribution is 2.66. The summed E-state index contributed by atoms with van der Waals surface area (Å²) >= 11 is 6.54. The van der Waals surface area contributed by atoms with Gasteiger partial charge in [0, 0.05) is 17.1 Å². The molecule has 0 radical (unpaired) electrons. The first-order chi connectivity index (χ1) is 21.0. The molecule has 5 rings (SSSR count). The summed E-state index contributed by atoms with van der Waals surface area (Å²) in [6.45, 7) is 13.2. The second-order valence-corrected chi connectivity index (χ2v) is 18.9. The molecule has 7 nitrogen and oxygen atoms in total. The molecule has 3 saturated carbocycles. The van der Waals surface area contributed by atoms with Gasteiger partial charge in [-0.15, -0.1) is 0 Å². The number of cyclic esters (lactones) is 1. The van der Waals surface area contributed by atoms with E-state index in [0.717, 1.165) is 36.4 Å². The van der Waals surface area contributed by atoms with Crippen LogP contribution in [0.15, 0.2) is 12.1 Å². The molecule has 3 N–H and O–H groups in total. The van der Waals surface area contributed by atoms with E-state index in [2.05, 4.69) is 102 Å². The minimum atomic E-state index is -0.870. The predicted molar refractivity (Wildman–Crippen MR) is 197 cm³/mol. The molecule has 0 unspecified atom stereocenters. The van der Waals surface area contributed by atoms with Gasteiger partial charge in [0.25, 0.3) is 0 Å². The zero-order chi connectivity index (χ0) is 33.2. The average Bonchev–Trinajstić information content (AvgIpc) is 3.29. The van der Waals surface area contributed by atoms with Gasteiger partial charge in [0.05, 0.1) is 36.4 Å². The number of carbonyl (C=O) groups excluding carboxylic acids is 2. The number of carbonyl (C=O) groups is 2. The lowest BCUT2D eigenvalue weighted by molar-refractivity contribution is -0.162. The highest BCUT2D eigenvalue weighted by molar-refractivity contribution is 14.1. The quantitative estimate of drug-likeness (QED) is 0.152. The van der Waals surface area contributed by atoms with Crippen molar-refractivity contribution in [1.29, 1.82) is 0 Å². The van der Waals surface area contributed by atoms with Crippen LogP contribution < -0.4 is 0 Å². The maximum Gasteiger partial charge on any atom is 0.339 e. The van der Waals surface area contributed by atoms with E-state index in [-0.39, 0.29) is 53.3 Å². The number of esters is 2. The monoisotopic (exact) mass is 962 g/mol. The molecule has 1 aliphatic heterocycles. The SMILES string of the molecule is CC(C)[C@H](C)[C@@H](O)[C@@H](O)[C@@H](C)[C@H]1CC[C@H]2[C@@H]3COC(=O)[C@H]4C[C@H](OC(=O)c5cc(I)cc(I)c5I)[C@H](O)C[C@]4(C)[C@H]3CC[C@]12C. The molecule has 0 aromatic heterocycles. The Balaban J connectivity index is 1.34. The van der Waals surface area contributed by atoms with Crippen LogP contribution in [0.5, 0.6) is 0 Å². The van der Waals surface area contributed by atoms with E-state index in [0.29, 0.717) is 24.5 Å². The van der Waals surface area contributed by atoms with Gasteiger partial charge in [-0.05, 0) is 164 Å². The van der Waals surface area contributed by atoms with Crippen LogP contribution in [0.4, 0.5) is 0 Å². The molecule has 252 valence electrons. The van der Waals surface area contributed by atoms with E-state index in [4.69, 9.17) is 9.47 Å². The minimum absolute atomic E-state index is 0.00556. The Labute approximate surface area is 309 Å². The van der Waals surface area contributed by atoms with Crippen molar-refractivity contribution in [3.05, 3.63) is 28.4 Å². The molecule has 1 aromatic rings. The zero-order valence-electron chi connectivity index (χ0n) is 27.1. The Kier molecular flexibility index (Phi) is 11.2. The Hall–Kier alpha value is 0.230. The third-order valence-electron chi connectivity index (χ3n) is 13.0. The number of halogens is 3. The van der Waals surface area contributed by atoms with Crippen molar-refractivity contribution in [1.82, 2.24) is 0 Å². The first kappa shape index (κ1) is 36.5. The number of rotatable bonds is 7. The molecule has 10 heteroatoms. The Morgan fingerprint density at radius 3 is 2.33 bits per heavy atom. The van der Waals surface area contributed by atoms with Gasteiger partial charge < -0.3 is 24.8 Å². The molecule has 45 heavy (non-hydrogen) atoms. The van der Waals surface area contributed by atoms with E-state index in [1.54, 1.807) is 6.07 Å². The molecular weight excluding hydrogens is 913 g/mol. The number of aliphatic hydroxyl groups is 3. The lowest BCUT2D eigenvalue weighted by Crippen LogP contribution is -2.55. The minimum Gasteiger partial charge on any atom is -0.465 e. The average molecular weight is 962 g/mol. The van der Waals surface area contributed by atoms with Crippen molar-refractivity contribution >= 4 is 79.7 Å². The number of hydrogen-bond donors (Lipinski definition) is 3. The van der Waals surface area contributed by atoms with Crippen LogP contribution >= 0.6 is 67.8 Å². The molecule has 1 heterocycles. The van der Waals surface area contributed by atoms with Crippen molar-refractivity contribution in [2.75, 3.05) is 6.61 Å². The molecule has 3 aliphatic carbocycles. The normalized spacial score (nSPS) is 39.0. The summed E-state index contributed by atoms with van der Waals surface area (Å²) in [6, 6.07) is 3.80. The molecule has 1 aromatic carbocycles. The number of aliphatic hydroxyl groups excluding tert-OH is 3. The molecule has 4 aliphatic rings. The van der Waals surface area contributed by atoms with Crippen LogP contribution in [0.3, 0.4) is 0 Å². The van der Waals surface area contributed by atoms with E-state index in [9.17, 15) is 24.9 Å². The lowest BCUT2D eigenvalue weighted by atomic mass is 9.48. The van der Waals surface area contributed by atoms with Crippen LogP contribution in [-0.2, 0) is 14.3 Å². The summed E-state index contributed by atoms with van der Waals surface area (Å²) in [5, 5.41) is 33.8. The first-order valence-corrected chi connectivity index (χ1v) is 19.8. The van der Waals surface area contributed by atoms with Crippen LogP contribution in [-0.4, -0.2) is 58.3 Å². The zero-order valence-corrected chi connectivity index (χ0v) is 33.6. The van der Waals surface area contributed by atoms with Crippen molar-refractivity contribution in [3.63, 3.8) is 0 Å². The predicted octanol–water partition coefficient (Wildman–Crippen LogP) is 7.07. The van der Waals surface area contributed by atoms with E-state index < -0.39 is 41.7 Å². The number of ether oxygens (including phenoxy) is 2. The lowest BCUT2D eigenvalue weighted by Gasteiger charge is -2.56. The van der Waals surface area contributed by atoms with Crippen molar-refractivity contribution in [2.45, 2.75) is 104 Å². The van der Waals surface area contributed by atoms with Crippen molar-refractivity contribution in [3.8, 4) is 0 Å². The molecule has 4 fully saturated rings. The van der Waals surface area contributed by atoms with Gasteiger partial charge in [0.2, 0.25) is 0 Å². The fourth-order valence-electron chi connectivity index (χ4n) is 9.97. The smallest absolute Gasteiger partial charge is 0.339 e. The van der Waals surface area contributed by atoms with E-state index in [1.807, 2.05) is 13.0 Å². The number of benzene rings is 1. The summed E-state index contributed by atoms with van der Waals surface area (Å²) in [5.74, 6) is 0.0178. The van der Waals surface area contributed by atoms with Gasteiger partial charge in [-0.25, -0.2) is 4.79 Å². The molecular formula is C35H49I3O7. The Morgan fingerprint density at radius 1 is 1.00 bits per heavy atom. The van der Waals surface area contributed by atoms with Gasteiger partial charge in [0.15, 0.2) is 0 Å². The fourth-order valence-corrected chi connectivity index (χ4v) is 12.3. The second-order valence-electron chi connectivity index (χ2n) is 15.4. The Morgan fingerprint density at radius 2 is 1.67 bits per heavy atom. The summed E-state index contributed by atoms with van der Waals surface area (Å²) in [6.07, 6.45) is 1.32. The van der Waals surface area contributed by atoms with Crippen LogP contribution in [0, 0.1) is 68.9 Å².